The Labute approximate surface area is 208 Å². The molecule has 0 bridgehead atoms. The van der Waals surface area contributed by atoms with Gasteiger partial charge in [-0.05, 0) is 69.0 Å². The lowest BCUT2D eigenvalue weighted by molar-refractivity contribution is 0.0924. The van der Waals surface area contributed by atoms with Crippen LogP contribution in [0.5, 0.6) is 5.75 Å². The molecule has 1 saturated carbocycles. The van der Waals surface area contributed by atoms with Gasteiger partial charge in [-0.3, -0.25) is 9.78 Å². The summed E-state index contributed by atoms with van der Waals surface area (Å²) in [4.78, 5) is 17.9. The molecule has 1 amide bonds. The molecule has 2 aromatic rings. The van der Waals surface area contributed by atoms with Crippen LogP contribution in [-0.4, -0.2) is 44.2 Å². The molecule has 0 saturated heterocycles. The Morgan fingerprint density at radius 2 is 2.00 bits per heavy atom. The first kappa shape index (κ1) is 26.0. The van der Waals surface area contributed by atoms with Gasteiger partial charge >= 0.3 is 0 Å². The number of likely N-dealkylation sites (N-methyl/N-ethyl adjacent to an activating group) is 1. The summed E-state index contributed by atoms with van der Waals surface area (Å²) >= 11 is 6.67. The highest BCUT2D eigenvalue weighted by Crippen LogP contribution is 2.35. The van der Waals surface area contributed by atoms with Gasteiger partial charge in [-0.25, -0.2) is 0 Å². The molecule has 3 rings (SSSR count). The number of ether oxygens (including phenoxy) is 1. The van der Waals surface area contributed by atoms with E-state index in [1.54, 1.807) is 7.11 Å². The Balaban J connectivity index is 1.86. The number of aromatic nitrogens is 1. The van der Waals surface area contributed by atoms with Gasteiger partial charge in [0.1, 0.15) is 5.75 Å². The molecule has 1 aromatic carbocycles. The molecule has 1 fully saturated rings. The van der Waals surface area contributed by atoms with Crippen molar-refractivity contribution in [3.63, 3.8) is 0 Å². The molecule has 1 aromatic heterocycles. The minimum atomic E-state index is -0.122. The number of pyridine rings is 1. The van der Waals surface area contributed by atoms with Gasteiger partial charge in [0.2, 0.25) is 0 Å². The molecule has 184 valence electrons. The quantitative estimate of drug-likeness (QED) is 0.473. The average molecular weight is 485 g/mol. The van der Waals surface area contributed by atoms with Crippen LogP contribution in [0.1, 0.15) is 71.8 Å². The van der Waals surface area contributed by atoms with Gasteiger partial charge in [-0.2, -0.15) is 0 Å². The van der Waals surface area contributed by atoms with Crippen LogP contribution < -0.4 is 20.7 Å². The number of amides is 1. The molecule has 1 aliphatic carbocycles. The fourth-order valence-corrected chi connectivity index (χ4v) is 4.79. The lowest BCUT2D eigenvalue weighted by atomic mass is 9.94. The van der Waals surface area contributed by atoms with Gasteiger partial charge in [0.25, 0.3) is 5.91 Å². The van der Waals surface area contributed by atoms with Crippen LogP contribution in [0.25, 0.3) is 5.57 Å². The Bertz CT molecular complexity index is 1010. The molecule has 1 atom stereocenters. The number of hydrogen-bond donors (Lipinski definition) is 3. The first-order valence-corrected chi connectivity index (χ1v) is 12.4. The maximum Gasteiger partial charge on any atom is 0.255 e. The first-order chi connectivity index (χ1) is 16.4. The number of rotatable bonds is 9. The minimum Gasteiger partial charge on any atom is -0.494 e. The summed E-state index contributed by atoms with van der Waals surface area (Å²) in [5.41, 5.74) is 5.44. The van der Waals surface area contributed by atoms with E-state index in [0.29, 0.717) is 22.8 Å². The molecule has 0 aliphatic heterocycles. The van der Waals surface area contributed by atoms with Crippen molar-refractivity contribution in [1.29, 1.82) is 0 Å². The zero-order valence-electron chi connectivity index (χ0n) is 20.9. The van der Waals surface area contributed by atoms with Crippen molar-refractivity contribution in [2.24, 2.45) is 0 Å². The van der Waals surface area contributed by atoms with E-state index in [9.17, 15) is 4.79 Å². The van der Waals surface area contributed by atoms with E-state index in [1.165, 1.54) is 6.42 Å². The SMILES string of the molecule is CN/C=C(/c1ccc(Cc2cc(C(=O)NC3CCCCC3)c(OC)c(Cl)c2C)cn1)C(C)NC. The Morgan fingerprint density at radius 3 is 2.59 bits per heavy atom. The molecule has 7 heteroatoms. The zero-order valence-corrected chi connectivity index (χ0v) is 21.7. The van der Waals surface area contributed by atoms with Gasteiger partial charge in [-0.15, -0.1) is 0 Å². The topological polar surface area (TPSA) is 75.3 Å². The standard InChI is InChI=1S/C27H37ClN4O2/c1-17-20(13-19-11-12-24(31-15-19)23(16-29-3)18(2)30-4)14-22(26(34-5)25(17)28)27(33)32-21-9-7-6-8-10-21/h11-12,14-16,18,21,29-30H,6-10,13H2,1-5H3,(H,32,33)/b23-16+. The summed E-state index contributed by atoms with van der Waals surface area (Å²) in [5.74, 6) is 0.316. The Hall–Kier alpha value is -2.57. The summed E-state index contributed by atoms with van der Waals surface area (Å²) < 4.78 is 5.55. The molecule has 6 nitrogen and oxygen atoms in total. The van der Waals surface area contributed by atoms with Crippen LogP contribution in [-0.2, 0) is 6.42 Å². The molecule has 34 heavy (non-hydrogen) atoms. The second-order valence-corrected chi connectivity index (χ2v) is 9.37. The number of methoxy groups -OCH3 is 1. The van der Waals surface area contributed by atoms with Crippen molar-refractivity contribution < 1.29 is 9.53 Å². The molecule has 3 N–H and O–H groups in total. The van der Waals surface area contributed by atoms with Crippen molar-refractivity contribution in [3.05, 3.63) is 63.6 Å². The summed E-state index contributed by atoms with van der Waals surface area (Å²) in [6.45, 7) is 4.06. The predicted octanol–water partition coefficient (Wildman–Crippen LogP) is 4.87. The largest absolute Gasteiger partial charge is 0.494 e. The van der Waals surface area contributed by atoms with E-state index in [1.807, 2.05) is 45.5 Å². The van der Waals surface area contributed by atoms with Crippen LogP contribution in [0.3, 0.4) is 0 Å². The predicted molar refractivity (Wildman–Crippen MR) is 140 cm³/mol. The van der Waals surface area contributed by atoms with Crippen molar-refractivity contribution in [1.82, 2.24) is 20.9 Å². The Morgan fingerprint density at radius 1 is 1.26 bits per heavy atom. The van der Waals surface area contributed by atoms with Gasteiger partial charge in [-0.1, -0.05) is 36.9 Å². The maximum absolute atomic E-state index is 13.2. The third-order valence-electron chi connectivity index (χ3n) is 6.68. The lowest BCUT2D eigenvalue weighted by Gasteiger charge is -2.24. The molecule has 0 spiro atoms. The summed E-state index contributed by atoms with van der Waals surface area (Å²) in [6.07, 6.45) is 10.1. The monoisotopic (exact) mass is 484 g/mol. The van der Waals surface area contributed by atoms with Gasteiger partial charge in [0.15, 0.2) is 0 Å². The fraction of sp³-hybridized carbons (Fsp3) is 0.481. The van der Waals surface area contributed by atoms with Crippen LogP contribution in [0.2, 0.25) is 5.02 Å². The van der Waals surface area contributed by atoms with Gasteiger partial charge in [0.05, 0.1) is 23.4 Å². The maximum atomic E-state index is 13.2. The lowest BCUT2D eigenvalue weighted by Crippen LogP contribution is -2.36. The highest BCUT2D eigenvalue weighted by molar-refractivity contribution is 6.33. The number of benzene rings is 1. The van der Waals surface area contributed by atoms with Crippen molar-refractivity contribution in [3.8, 4) is 5.75 Å². The van der Waals surface area contributed by atoms with E-state index in [0.717, 1.165) is 53.6 Å². The van der Waals surface area contributed by atoms with E-state index in [-0.39, 0.29) is 18.0 Å². The highest BCUT2D eigenvalue weighted by Gasteiger charge is 2.23. The minimum absolute atomic E-state index is 0.122. The van der Waals surface area contributed by atoms with E-state index in [4.69, 9.17) is 21.3 Å². The second kappa shape index (κ2) is 12.2. The first-order valence-electron chi connectivity index (χ1n) is 12.1. The smallest absolute Gasteiger partial charge is 0.255 e. The Kier molecular flexibility index (Phi) is 9.36. The summed E-state index contributed by atoms with van der Waals surface area (Å²) in [7, 11) is 5.37. The second-order valence-electron chi connectivity index (χ2n) is 8.99. The normalized spacial score (nSPS) is 15.6. The van der Waals surface area contributed by atoms with Gasteiger partial charge in [0, 0.05) is 37.1 Å². The summed E-state index contributed by atoms with van der Waals surface area (Å²) in [6, 6.07) is 6.41. The number of nitrogens with zero attached hydrogens (tertiary/aromatic N) is 1. The van der Waals surface area contributed by atoms with Crippen molar-refractivity contribution in [2.75, 3.05) is 21.2 Å². The molecule has 1 unspecified atom stereocenters. The number of carbonyl (C=O) groups is 1. The molecular formula is C27H37ClN4O2. The third-order valence-corrected chi connectivity index (χ3v) is 7.13. The van der Waals surface area contributed by atoms with Crippen LogP contribution in [0, 0.1) is 6.92 Å². The van der Waals surface area contributed by atoms with E-state index < -0.39 is 0 Å². The molecule has 0 radical (unpaired) electrons. The molecular weight excluding hydrogens is 448 g/mol. The third kappa shape index (κ3) is 6.10. The average Bonchev–Trinajstić information content (AvgIpc) is 2.86. The number of hydrogen-bond acceptors (Lipinski definition) is 5. The highest BCUT2D eigenvalue weighted by atomic mass is 35.5. The van der Waals surface area contributed by atoms with E-state index in [2.05, 4.69) is 28.9 Å². The number of halogens is 1. The molecule has 1 aliphatic rings. The van der Waals surface area contributed by atoms with Crippen LogP contribution in [0.15, 0.2) is 30.6 Å². The zero-order chi connectivity index (χ0) is 24.7. The van der Waals surface area contributed by atoms with Crippen LogP contribution in [0.4, 0.5) is 0 Å². The fourth-order valence-electron chi connectivity index (χ4n) is 4.49. The van der Waals surface area contributed by atoms with Crippen molar-refractivity contribution >= 4 is 23.1 Å². The van der Waals surface area contributed by atoms with Gasteiger partial charge < -0.3 is 20.7 Å². The van der Waals surface area contributed by atoms with Crippen LogP contribution >= 0.6 is 11.6 Å². The summed E-state index contributed by atoms with van der Waals surface area (Å²) in [5, 5.41) is 10.0. The number of carbonyl (C=O) groups excluding carboxylic acids is 1. The molecule has 1 heterocycles. The number of nitrogens with one attached hydrogen (secondary N) is 3. The van der Waals surface area contributed by atoms with E-state index >= 15 is 0 Å². The van der Waals surface area contributed by atoms with Crippen molar-refractivity contribution in [2.45, 2.75) is 64.5 Å².